The molecule has 0 saturated heterocycles. The fourth-order valence-corrected chi connectivity index (χ4v) is 2.43. The molecule has 132 valence electrons. The van der Waals surface area contributed by atoms with E-state index >= 15 is 0 Å². The summed E-state index contributed by atoms with van der Waals surface area (Å²) in [6, 6.07) is 17.3. The highest BCUT2D eigenvalue weighted by Gasteiger charge is 2.21. The van der Waals surface area contributed by atoms with Crippen molar-refractivity contribution in [3.8, 4) is 0 Å². The maximum absolute atomic E-state index is 12.5. The van der Waals surface area contributed by atoms with Crippen LogP contribution in [-0.4, -0.2) is 31.4 Å². The molecule has 0 radical (unpaired) electrons. The molecule has 0 fully saturated rings. The number of rotatable bonds is 6. The number of nitrogens with one attached hydrogen (secondary N) is 1. The predicted octanol–water partition coefficient (Wildman–Crippen LogP) is 3.07. The van der Waals surface area contributed by atoms with E-state index in [1.807, 2.05) is 73.6 Å². The summed E-state index contributed by atoms with van der Waals surface area (Å²) in [5, 5.41) is 3.01. The zero-order valence-corrected chi connectivity index (χ0v) is 15.6. The molecule has 0 aromatic heterocycles. The third-order valence-electron chi connectivity index (χ3n) is 3.57. The number of carbonyl (C=O) groups excluding carboxylic acids is 1. The summed E-state index contributed by atoms with van der Waals surface area (Å²) in [5.41, 5.74) is 8.58. The summed E-state index contributed by atoms with van der Waals surface area (Å²) in [4.78, 5) is 14.4. The van der Waals surface area contributed by atoms with Crippen LogP contribution >= 0.6 is 24.8 Å². The van der Waals surface area contributed by atoms with Gasteiger partial charge in [0.05, 0.1) is 0 Å². The van der Waals surface area contributed by atoms with Crippen LogP contribution in [0.1, 0.15) is 17.2 Å². The minimum absolute atomic E-state index is 0. The van der Waals surface area contributed by atoms with E-state index in [1.54, 1.807) is 0 Å². The van der Waals surface area contributed by atoms with E-state index in [0.717, 1.165) is 23.2 Å². The highest BCUT2D eigenvalue weighted by molar-refractivity contribution is 5.85. The fourth-order valence-electron chi connectivity index (χ4n) is 2.43. The summed E-state index contributed by atoms with van der Waals surface area (Å²) >= 11 is 0. The van der Waals surface area contributed by atoms with Crippen molar-refractivity contribution in [3.63, 3.8) is 0 Å². The molecule has 6 heteroatoms. The van der Waals surface area contributed by atoms with E-state index in [9.17, 15) is 4.79 Å². The molecule has 1 amide bonds. The van der Waals surface area contributed by atoms with Crippen molar-refractivity contribution < 1.29 is 4.79 Å². The molecule has 0 bridgehead atoms. The van der Waals surface area contributed by atoms with Crippen molar-refractivity contribution in [2.45, 2.75) is 12.5 Å². The maximum atomic E-state index is 12.5. The van der Waals surface area contributed by atoms with E-state index in [4.69, 9.17) is 5.73 Å². The van der Waals surface area contributed by atoms with Gasteiger partial charge >= 0.3 is 0 Å². The SMILES string of the molecule is CN(C)C(C(=O)NCCc1ccc(N)cc1)c1ccccc1.Cl.Cl. The molecule has 4 nitrogen and oxygen atoms in total. The standard InChI is InChI=1S/C18H23N3O.2ClH/c1-21(2)17(15-6-4-3-5-7-15)18(22)20-13-12-14-8-10-16(19)11-9-14;;/h3-11,17H,12-13,19H2,1-2H3,(H,20,22);2*1H. The smallest absolute Gasteiger partial charge is 0.241 e. The Labute approximate surface area is 156 Å². The molecule has 2 aromatic carbocycles. The quantitative estimate of drug-likeness (QED) is 0.769. The molecule has 1 unspecified atom stereocenters. The normalized spacial score (nSPS) is 11.1. The summed E-state index contributed by atoms with van der Waals surface area (Å²) < 4.78 is 0. The molecule has 1 atom stereocenters. The molecule has 0 spiro atoms. The largest absolute Gasteiger partial charge is 0.399 e. The lowest BCUT2D eigenvalue weighted by Gasteiger charge is -2.23. The number of halogens is 2. The number of nitrogens with two attached hydrogens (primary N) is 1. The molecule has 24 heavy (non-hydrogen) atoms. The van der Waals surface area contributed by atoms with E-state index in [0.29, 0.717) is 6.54 Å². The number of carbonyl (C=O) groups is 1. The second kappa shape index (κ2) is 10.9. The molecule has 0 aliphatic rings. The van der Waals surface area contributed by atoms with Gasteiger partial charge in [-0.25, -0.2) is 0 Å². The van der Waals surface area contributed by atoms with Crippen molar-refractivity contribution in [2.75, 3.05) is 26.4 Å². The Morgan fingerprint density at radius 1 is 1.04 bits per heavy atom. The lowest BCUT2D eigenvalue weighted by atomic mass is 10.1. The molecular weight excluding hydrogens is 345 g/mol. The molecule has 0 aliphatic heterocycles. The summed E-state index contributed by atoms with van der Waals surface area (Å²) in [6.45, 7) is 0.611. The molecule has 0 saturated carbocycles. The Morgan fingerprint density at radius 2 is 1.62 bits per heavy atom. The minimum atomic E-state index is -0.271. The van der Waals surface area contributed by atoms with Gasteiger partial charge in [0.25, 0.3) is 0 Å². The zero-order valence-electron chi connectivity index (χ0n) is 13.9. The first-order valence-corrected chi connectivity index (χ1v) is 7.41. The average Bonchev–Trinajstić information content (AvgIpc) is 2.50. The number of benzene rings is 2. The van der Waals surface area contributed by atoms with Crippen LogP contribution in [0, 0.1) is 0 Å². The number of nitrogens with zero attached hydrogens (tertiary/aromatic N) is 1. The molecular formula is C18H25Cl2N3O. The van der Waals surface area contributed by atoms with Gasteiger partial charge < -0.3 is 11.1 Å². The lowest BCUT2D eigenvalue weighted by molar-refractivity contribution is -0.125. The van der Waals surface area contributed by atoms with Gasteiger partial charge in [-0.3, -0.25) is 9.69 Å². The predicted molar refractivity (Wildman–Crippen MR) is 105 cm³/mol. The number of hydrogen-bond donors (Lipinski definition) is 2. The molecule has 2 rings (SSSR count). The summed E-state index contributed by atoms with van der Waals surface area (Å²) in [7, 11) is 3.83. The third kappa shape index (κ3) is 6.40. The second-order valence-corrected chi connectivity index (χ2v) is 5.56. The number of anilines is 1. The topological polar surface area (TPSA) is 58.4 Å². The van der Waals surface area contributed by atoms with Gasteiger partial charge in [0.15, 0.2) is 0 Å². The van der Waals surface area contributed by atoms with Crippen LogP contribution in [0.2, 0.25) is 0 Å². The number of hydrogen-bond acceptors (Lipinski definition) is 3. The van der Waals surface area contributed by atoms with Gasteiger partial charge in [-0.1, -0.05) is 42.5 Å². The first-order chi connectivity index (χ1) is 10.6. The Morgan fingerprint density at radius 3 is 2.17 bits per heavy atom. The van der Waals surface area contributed by atoms with Crippen LogP contribution in [0.4, 0.5) is 5.69 Å². The van der Waals surface area contributed by atoms with Gasteiger partial charge in [-0.2, -0.15) is 0 Å². The highest BCUT2D eigenvalue weighted by atomic mass is 35.5. The van der Waals surface area contributed by atoms with Gasteiger partial charge in [-0.15, -0.1) is 24.8 Å². The van der Waals surface area contributed by atoms with Crippen molar-refractivity contribution in [1.29, 1.82) is 0 Å². The first-order valence-electron chi connectivity index (χ1n) is 7.41. The molecule has 0 aliphatic carbocycles. The second-order valence-electron chi connectivity index (χ2n) is 5.56. The van der Waals surface area contributed by atoms with Crippen LogP contribution in [0.25, 0.3) is 0 Å². The maximum Gasteiger partial charge on any atom is 0.241 e. The van der Waals surface area contributed by atoms with Crippen LogP contribution in [0.3, 0.4) is 0 Å². The number of nitrogen functional groups attached to an aromatic ring is 1. The molecule has 2 aromatic rings. The molecule has 0 heterocycles. The van der Waals surface area contributed by atoms with Crippen molar-refractivity contribution in [1.82, 2.24) is 10.2 Å². The third-order valence-corrected chi connectivity index (χ3v) is 3.57. The summed E-state index contributed by atoms with van der Waals surface area (Å²) in [5.74, 6) is 0.0200. The van der Waals surface area contributed by atoms with Crippen LogP contribution in [-0.2, 0) is 11.2 Å². The van der Waals surface area contributed by atoms with E-state index < -0.39 is 0 Å². The van der Waals surface area contributed by atoms with Gasteiger partial charge in [0.1, 0.15) is 6.04 Å². The number of likely N-dealkylation sites (N-methyl/N-ethyl adjacent to an activating group) is 1. The number of amides is 1. The highest BCUT2D eigenvalue weighted by Crippen LogP contribution is 2.17. The zero-order chi connectivity index (χ0) is 15.9. The Balaban J connectivity index is 0.00000264. The fraction of sp³-hybridized carbons (Fsp3) is 0.278. The first kappa shape index (κ1) is 22.2. The van der Waals surface area contributed by atoms with Crippen LogP contribution in [0.15, 0.2) is 54.6 Å². The van der Waals surface area contributed by atoms with Crippen LogP contribution < -0.4 is 11.1 Å². The van der Waals surface area contributed by atoms with Crippen LogP contribution in [0.5, 0.6) is 0 Å². The molecule has 3 N–H and O–H groups in total. The van der Waals surface area contributed by atoms with E-state index in [-0.39, 0.29) is 36.8 Å². The Bertz CT molecular complexity index is 603. The monoisotopic (exact) mass is 369 g/mol. The van der Waals surface area contributed by atoms with Gasteiger partial charge in [0.2, 0.25) is 5.91 Å². The van der Waals surface area contributed by atoms with Crippen molar-refractivity contribution in [3.05, 3.63) is 65.7 Å². The minimum Gasteiger partial charge on any atom is -0.399 e. The Hall–Kier alpha value is -1.75. The van der Waals surface area contributed by atoms with Gasteiger partial charge in [-0.05, 0) is 43.8 Å². The average molecular weight is 370 g/mol. The van der Waals surface area contributed by atoms with E-state index in [1.165, 1.54) is 0 Å². The lowest BCUT2D eigenvalue weighted by Crippen LogP contribution is -2.37. The summed E-state index contributed by atoms with van der Waals surface area (Å²) in [6.07, 6.45) is 0.793. The van der Waals surface area contributed by atoms with Gasteiger partial charge in [0, 0.05) is 12.2 Å². The van der Waals surface area contributed by atoms with E-state index in [2.05, 4.69) is 5.32 Å². The Kier molecular flexibility index (Phi) is 10.1. The van der Waals surface area contributed by atoms with Crippen molar-refractivity contribution >= 4 is 36.4 Å². The van der Waals surface area contributed by atoms with Crippen molar-refractivity contribution in [2.24, 2.45) is 0 Å².